The van der Waals surface area contributed by atoms with Crippen molar-refractivity contribution in [2.45, 2.75) is 12.7 Å². The fourth-order valence-corrected chi connectivity index (χ4v) is 1.70. The van der Waals surface area contributed by atoms with Gasteiger partial charge >= 0.3 is 0 Å². The Morgan fingerprint density at radius 1 is 1.50 bits per heavy atom. The van der Waals surface area contributed by atoms with E-state index in [-0.39, 0.29) is 10.3 Å². The SMILES string of the molecule is Cc1cc(=O)n(O)cc1CS(=O)(=O)O. The summed E-state index contributed by atoms with van der Waals surface area (Å²) in [5.74, 6) is -0.625. The third-order valence-corrected chi connectivity index (χ3v) is 2.36. The van der Waals surface area contributed by atoms with E-state index < -0.39 is 21.4 Å². The molecule has 0 amide bonds. The zero-order valence-corrected chi connectivity index (χ0v) is 8.15. The molecule has 0 bridgehead atoms. The monoisotopic (exact) mass is 219 g/mol. The molecule has 0 saturated heterocycles. The summed E-state index contributed by atoms with van der Waals surface area (Å²) >= 11 is 0. The molecule has 1 rings (SSSR count). The summed E-state index contributed by atoms with van der Waals surface area (Å²) in [6.07, 6.45) is 0.964. The molecule has 0 aliphatic rings. The van der Waals surface area contributed by atoms with Gasteiger partial charge in [-0.2, -0.15) is 13.1 Å². The summed E-state index contributed by atoms with van der Waals surface area (Å²) in [6, 6.07) is 1.08. The molecule has 0 atom stereocenters. The zero-order valence-electron chi connectivity index (χ0n) is 7.34. The van der Waals surface area contributed by atoms with Crippen LogP contribution in [-0.2, 0) is 15.9 Å². The van der Waals surface area contributed by atoms with E-state index in [1.54, 1.807) is 0 Å². The van der Waals surface area contributed by atoms with Gasteiger partial charge in [0.2, 0.25) is 0 Å². The number of aryl methyl sites for hydroxylation is 1. The highest BCUT2D eigenvalue weighted by Gasteiger charge is 2.10. The highest BCUT2D eigenvalue weighted by molar-refractivity contribution is 7.85. The minimum atomic E-state index is -4.16. The molecule has 0 fully saturated rings. The minimum Gasteiger partial charge on any atom is -0.425 e. The minimum absolute atomic E-state index is 0.176. The lowest BCUT2D eigenvalue weighted by atomic mass is 10.2. The molecule has 0 spiro atoms. The zero-order chi connectivity index (χ0) is 10.9. The summed E-state index contributed by atoms with van der Waals surface area (Å²) in [7, 11) is -4.16. The lowest BCUT2D eigenvalue weighted by molar-refractivity contribution is 0.174. The third-order valence-electron chi connectivity index (χ3n) is 1.69. The van der Waals surface area contributed by atoms with Crippen molar-refractivity contribution in [1.82, 2.24) is 4.73 Å². The first-order chi connectivity index (χ1) is 6.29. The summed E-state index contributed by atoms with van der Waals surface area (Å²) in [5, 5.41) is 8.95. The first-order valence-corrected chi connectivity index (χ1v) is 5.27. The Hall–Kier alpha value is -1.34. The van der Waals surface area contributed by atoms with Crippen molar-refractivity contribution in [2.75, 3.05) is 0 Å². The maximum atomic E-state index is 10.9. The summed E-state index contributed by atoms with van der Waals surface area (Å²) in [4.78, 5) is 10.9. The van der Waals surface area contributed by atoms with Crippen LogP contribution in [0.4, 0.5) is 0 Å². The average molecular weight is 219 g/mol. The van der Waals surface area contributed by atoms with Crippen LogP contribution in [0.1, 0.15) is 11.1 Å². The van der Waals surface area contributed by atoms with Crippen LogP contribution >= 0.6 is 0 Å². The van der Waals surface area contributed by atoms with E-state index in [2.05, 4.69) is 0 Å². The first kappa shape index (κ1) is 10.7. The quantitative estimate of drug-likeness (QED) is 0.529. The lowest BCUT2D eigenvalue weighted by Crippen LogP contribution is -2.18. The normalized spacial score (nSPS) is 11.6. The van der Waals surface area contributed by atoms with E-state index in [0.717, 1.165) is 12.3 Å². The molecule has 0 unspecified atom stereocenters. The van der Waals surface area contributed by atoms with E-state index in [1.165, 1.54) is 6.92 Å². The highest BCUT2D eigenvalue weighted by Crippen LogP contribution is 2.07. The second kappa shape index (κ2) is 3.43. The van der Waals surface area contributed by atoms with E-state index >= 15 is 0 Å². The highest BCUT2D eigenvalue weighted by atomic mass is 32.2. The number of rotatable bonds is 2. The van der Waals surface area contributed by atoms with Crippen LogP contribution in [0.5, 0.6) is 0 Å². The van der Waals surface area contributed by atoms with E-state index in [4.69, 9.17) is 9.76 Å². The van der Waals surface area contributed by atoms with Crippen molar-refractivity contribution in [2.24, 2.45) is 0 Å². The summed E-state index contributed by atoms with van der Waals surface area (Å²) < 4.78 is 29.9. The van der Waals surface area contributed by atoms with Crippen LogP contribution in [0, 0.1) is 6.92 Å². The number of pyridine rings is 1. The van der Waals surface area contributed by atoms with Gasteiger partial charge in [0.05, 0.1) is 6.20 Å². The molecule has 78 valence electrons. The van der Waals surface area contributed by atoms with Crippen molar-refractivity contribution in [3.8, 4) is 0 Å². The molecule has 0 saturated carbocycles. The van der Waals surface area contributed by atoms with Crippen molar-refractivity contribution < 1.29 is 18.2 Å². The van der Waals surface area contributed by atoms with Crippen LogP contribution < -0.4 is 5.56 Å². The van der Waals surface area contributed by atoms with Crippen LogP contribution in [0.25, 0.3) is 0 Å². The van der Waals surface area contributed by atoms with Crippen molar-refractivity contribution in [3.05, 3.63) is 33.7 Å². The predicted octanol–water partition coefficient (Wildman–Crippen LogP) is -0.218. The predicted molar refractivity (Wildman–Crippen MR) is 47.9 cm³/mol. The van der Waals surface area contributed by atoms with Gasteiger partial charge < -0.3 is 5.21 Å². The molecule has 1 aromatic heterocycles. The van der Waals surface area contributed by atoms with Crippen molar-refractivity contribution >= 4 is 10.1 Å². The standard InChI is InChI=1S/C7H9NO5S/c1-5-2-7(9)8(10)3-6(5)4-14(11,12)13/h2-3,10H,4H2,1H3,(H,11,12,13). The third kappa shape index (κ3) is 2.57. The average Bonchev–Trinajstić information content (AvgIpc) is 1.97. The lowest BCUT2D eigenvalue weighted by Gasteiger charge is -2.04. The van der Waals surface area contributed by atoms with Gasteiger partial charge in [0.25, 0.3) is 15.7 Å². The van der Waals surface area contributed by atoms with Crippen LogP contribution in [-0.4, -0.2) is 22.9 Å². The second-order valence-electron chi connectivity index (χ2n) is 2.89. The number of hydrogen-bond donors (Lipinski definition) is 2. The van der Waals surface area contributed by atoms with Crippen LogP contribution in [0.15, 0.2) is 17.1 Å². The van der Waals surface area contributed by atoms with Gasteiger partial charge in [-0.1, -0.05) is 0 Å². The Labute approximate surface area is 80.1 Å². The van der Waals surface area contributed by atoms with E-state index in [9.17, 15) is 13.2 Å². The topological polar surface area (TPSA) is 96.6 Å². The number of aromatic nitrogens is 1. The van der Waals surface area contributed by atoms with Gasteiger partial charge in [0.1, 0.15) is 5.75 Å². The van der Waals surface area contributed by atoms with Crippen molar-refractivity contribution in [3.63, 3.8) is 0 Å². The molecule has 0 aliphatic carbocycles. The maximum absolute atomic E-state index is 10.9. The van der Waals surface area contributed by atoms with Crippen molar-refractivity contribution in [1.29, 1.82) is 0 Å². The molecule has 6 nitrogen and oxygen atoms in total. The van der Waals surface area contributed by atoms with Gasteiger partial charge in [-0.25, -0.2) is 0 Å². The molecule has 14 heavy (non-hydrogen) atoms. The van der Waals surface area contributed by atoms with Gasteiger partial charge in [-0.15, -0.1) is 0 Å². The Morgan fingerprint density at radius 2 is 2.07 bits per heavy atom. The molecular formula is C7H9NO5S. The molecule has 0 aromatic carbocycles. The van der Waals surface area contributed by atoms with Crippen LogP contribution in [0.3, 0.4) is 0 Å². The van der Waals surface area contributed by atoms with E-state index in [1.807, 2.05) is 0 Å². The molecule has 0 radical (unpaired) electrons. The molecule has 2 N–H and O–H groups in total. The first-order valence-electron chi connectivity index (χ1n) is 3.66. The van der Waals surface area contributed by atoms with Crippen LogP contribution in [0.2, 0.25) is 0 Å². The van der Waals surface area contributed by atoms with E-state index in [0.29, 0.717) is 5.56 Å². The van der Waals surface area contributed by atoms with Gasteiger partial charge in [0.15, 0.2) is 0 Å². The number of hydrogen-bond acceptors (Lipinski definition) is 4. The van der Waals surface area contributed by atoms with Gasteiger partial charge in [0, 0.05) is 6.07 Å². The molecule has 1 heterocycles. The molecule has 7 heteroatoms. The molecule has 1 aromatic rings. The molecular weight excluding hydrogens is 210 g/mol. The summed E-state index contributed by atoms with van der Waals surface area (Å²) in [5.41, 5.74) is -0.0749. The fraction of sp³-hybridized carbons (Fsp3) is 0.286. The van der Waals surface area contributed by atoms with Gasteiger partial charge in [-0.3, -0.25) is 9.35 Å². The number of nitrogens with zero attached hydrogens (tertiary/aromatic N) is 1. The molecule has 0 aliphatic heterocycles. The Balaban J connectivity index is 3.24. The summed E-state index contributed by atoms with van der Waals surface area (Å²) in [6.45, 7) is 1.52. The Morgan fingerprint density at radius 3 is 2.57 bits per heavy atom. The largest absolute Gasteiger partial charge is 0.425 e. The Kier molecular flexibility index (Phi) is 2.63. The smallest absolute Gasteiger partial charge is 0.283 e. The fourth-order valence-electron chi connectivity index (χ4n) is 1.00. The second-order valence-corrected chi connectivity index (χ2v) is 4.34. The maximum Gasteiger partial charge on any atom is 0.283 e. The Bertz CT molecular complexity index is 501. The van der Waals surface area contributed by atoms with Gasteiger partial charge in [-0.05, 0) is 18.1 Å².